The predicted octanol–water partition coefficient (Wildman–Crippen LogP) is 2.84. The van der Waals surface area contributed by atoms with Crippen LogP contribution >= 0.6 is 0 Å². The average molecular weight is 150 g/mol. The molecule has 0 aliphatic rings. The molecule has 0 saturated heterocycles. The third kappa shape index (κ3) is 1.58. The van der Waals surface area contributed by atoms with E-state index in [1.54, 1.807) is 0 Å². The van der Waals surface area contributed by atoms with Gasteiger partial charge in [-0.3, -0.25) is 5.10 Å². The highest BCUT2D eigenvalue weighted by Crippen LogP contribution is 2.06. The van der Waals surface area contributed by atoms with Crippen molar-refractivity contribution in [2.75, 3.05) is 0 Å². The van der Waals surface area contributed by atoms with Crippen molar-refractivity contribution in [3.63, 3.8) is 0 Å². The second-order valence-corrected chi connectivity index (χ2v) is 1.96. The molecule has 0 saturated carbocycles. The van der Waals surface area contributed by atoms with Crippen LogP contribution in [0.4, 0.5) is 0 Å². The molecule has 60 valence electrons. The number of para-hydroxylation sites is 1. The van der Waals surface area contributed by atoms with Gasteiger partial charge >= 0.3 is 0 Å². The fourth-order valence-corrected chi connectivity index (χ4v) is 0.883. The molecule has 0 aliphatic carbocycles. The molecule has 2 nitrogen and oxygen atoms in total. The zero-order valence-corrected chi connectivity index (χ0v) is 6.83. The predicted molar refractivity (Wildman–Crippen MR) is 49.6 cm³/mol. The standard InChI is InChI=1S/C7H6N2.C2H6.H2/c1-2-4-7-6(3-1)5-8-9-7;1-2;/h1-5H,(H,8,9);1-2H3;1H. The van der Waals surface area contributed by atoms with Crippen molar-refractivity contribution < 1.29 is 1.43 Å². The summed E-state index contributed by atoms with van der Waals surface area (Å²) in [5.74, 6) is 0. The summed E-state index contributed by atoms with van der Waals surface area (Å²) in [5.41, 5.74) is 1.09. The van der Waals surface area contributed by atoms with Gasteiger partial charge in [-0.1, -0.05) is 32.0 Å². The van der Waals surface area contributed by atoms with E-state index in [1.807, 2.05) is 44.3 Å². The van der Waals surface area contributed by atoms with Crippen LogP contribution in [0.25, 0.3) is 10.9 Å². The van der Waals surface area contributed by atoms with Crippen molar-refractivity contribution >= 4 is 10.9 Å². The van der Waals surface area contributed by atoms with Crippen molar-refractivity contribution in [2.45, 2.75) is 13.8 Å². The quantitative estimate of drug-likeness (QED) is 0.614. The number of nitrogens with one attached hydrogen (secondary N) is 1. The van der Waals surface area contributed by atoms with Gasteiger partial charge in [0.1, 0.15) is 0 Å². The minimum Gasteiger partial charge on any atom is -0.278 e. The summed E-state index contributed by atoms with van der Waals surface area (Å²) in [5, 5.41) is 7.91. The smallest absolute Gasteiger partial charge is 0.0650 e. The topological polar surface area (TPSA) is 28.7 Å². The van der Waals surface area contributed by atoms with Crippen molar-refractivity contribution in [1.82, 2.24) is 10.2 Å². The van der Waals surface area contributed by atoms with Crippen LogP contribution in [-0.2, 0) is 0 Å². The Hall–Kier alpha value is -1.31. The summed E-state index contributed by atoms with van der Waals surface area (Å²) in [6, 6.07) is 8.01. The molecule has 0 atom stereocenters. The van der Waals surface area contributed by atoms with Gasteiger partial charge in [-0.25, -0.2) is 0 Å². The lowest BCUT2D eigenvalue weighted by atomic mass is 10.3. The van der Waals surface area contributed by atoms with Crippen molar-refractivity contribution in [3.05, 3.63) is 30.5 Å². The molecule has 2 rings (SSSR count). The lowest BCUT2D eigenvalue weighted by Crippen LogP contribution is -1.63. The summed E-state index contributed by atoms with van der Waals surface area (Å²) in [4.78, 5) is 0. The van der Waals surface area contributed by atoms with Gasteiger partial charge in [0.15, 0.2) is 0 Å². The van der Waals surface area contributed by atoms with Crippen LogP contribution in [0.15, 0.2) is 30.5 Å². The van der Waals surface area contributed by atoms with Gasteiger partial charge in [0.25, 0.3) is 0 Å². The number of rotatable bonds is 0. The van der Waals surface area contributed by atoms with Crippen molar-refractivity contribution in [3.8, 4) is 0 Å². The Labute approximate surface area is 67.7 Å². The van der Waals surface area contributed by atoms with E-state index < -0.39 is 0 Å². The number of fused-ring (bicyclic) bond motifs is 1. The highest BCUT2D eigenvalue weighted by atomic mass is 15.1. The summed E-state index contributed by atoms with van der Waals surface area (Å²) in [6.45, 7) is 4.00. The molecule has 0 aliphatic heterocycles. The Kier molecular flexibility index (Phi) is 2.66. The fraction of sp³-hybridized carbons (Fsp3) is 0.222. The van der Waals surface area contributed by atoms with E-state index in [2.05, 4.69) is 10.2 Å². The first-order valence-electron chi connectivity index (χ1n) is 3.85. The molecule has 0 unspecified atom stereocenters. The first-order chi connectivity index (χ1) is 5.47. The maximum Gasteiger partial charge on any atom is 0.0650 e. The molecule has 0 spiro atoms. The maximum absolute atomic E-state index is 3.88. The van der Waals surface area contributed by atoms with Crippen LogP contribution in [0.5, 0.6) is 0 Å². The van der Waals surface area contributed by atoms with Crippen LogP contribution in [0.1, 0.15) is 15.3 Å². The average Bonchev–Trinajstić information content (AvgIpc) is 2.55. The number of H-pyrrole nitrogens is 1. The van der Waals surface area contributed by atoms with E-state index in [-0.39, 0.29) is 1.43 Å². The van der Waals surface area contributed by atoms with E-state index in [4.69, 9.17) is 0 Å². The zero-order chi connectivity index (χ0) is 8.10. The van der Waals surface area contributed by atoms with E-state index in [1.165, 1.54) is 0 Å². The van der Waals surface area contributed by atoms with Gasteiger partial charge in [-0.2, -0.15) is 5.10 Å². The van der Waals surface area contributed by atoms with Crippen molar-refractivity contribution in [1.29, 1.82) is 0 Å². The van der Waals surface area contributed by atoms with Gasteiger partial charge in [-0.15, -0.1) is 0 Å². The second-order valence-electron chi connectivity index (χ2n) is 1.96. The minimum absolute atomic E-state index is 0. The van der Waals surface area contributed by atoms with Crippen molar-refractivity contribution in [2.24, 2.45) is 0 Å². The van der Waals surface area contributed by atoms with E-state index in [0.29, 0.717) is 0 Å². The molecular weight excluding hydrogens is 136 g/mol. The Balaban J connectivity index is 0.000000378. The normalized spacial score (nSPS) is 8.91. The van der Waals surface area contributed by atoms with E-state index in [9.17, 15) is 0 Å². The fourth-order valence-electron chi connectivity index (χ4n) is 0.883. The van der Waals surface area contributed by atoms with Crippen LogP contribution in [-0.4, -0.2) is 10.2 Å². The summed E-state index contributed by atoms with van der Waals surface area (Å²) in [7, 11) is 0. The van der Waals surface area contributed by atoms with E-state index >= 15 is 0 Å². The number of benzene rings is 1. The molecule has 2 aromatic rings. The number of hydrogen-bond acceptors (Lipinski definition) is 1. The van der Waals surface area contributed by atoms with Crippen LogP contribution in [0.3, 0.4) is 0 Å². The van der Waals surface area contributed by atoms with Gasteiger partial charge in [0.05, 0.1) is 11.7 Å². The molecule has 0 bridgehead atoms. The Bertz CT molecular complexity index is 287. The summed E-state index contributed by atoms with van der Waals surface area (Å²) < 4.78 is 0. The Morgan fingerprint density at radius 1 is 1.27 bits per heavy atom. The third-order valence-corrected chi connectivity index (χ3v) is 1.35. The largest absolute Gasteiger partial charge is 0.278 e. The molecule has 1 aromatic heterocycles. The Morgan fingerprint density at radius 2 is 2.00 bits per heavy atom. The lowest BCUT2D eigenvalue weighted by Gasteiger charge is -1.81. The van der Waals surface area contributed by atoms with Crippen LogP contribution in [0, 0.1) is 0 Å². The molecule has 1 aromatic carbocycles. The van der Waals surface area contributed by atoms with Gasteiger partial charge < -0.3 is 0 Å². The number of nitrogens with zero attached hydrogens (tertiary/aromatic N) is 1. The van der Waals surface area contributed by atoms with Crippen LogP contribution < -0.4 is 0 Å². The SMILES string of the molecule is CC.[HH].c1ccc2[nH]ncc2c1. The molecule has 1 heterocycles. The molecule has 1 N–H and O–H groups in total. The van der Waals surface area contributed by atoms with Gasteiger partial charge in [0, 0.05) is 6.81 Å². The highest BCUT2D eigenvalue weighted by Gasteiger charge is 1.88. The van der Waals surface area contributed by atoms with Gasteiger partial charge in [0.2, 0.25) is 0 Å². The number of hydrogen-bond donors (Lipinski definition) is 1. The first kappa shape index (κ1) is 7.79. The monoisotopic (exact) mass is 150 g/mol. The number of aromatic nitrogens is 2. The maximum atomic E-state index is 3.88. The minimum atomic E-state index is 0. The number of aromatic amines is 1. The second kappa shape index (κ2) is 3.76. The zero-order valence-electron chi connectivity index (χ0n) is 6.83. The molecule has 0 amide bonds. The van der Waals surface area contributed by atoms with Gasteiger partial charge in [-0.05, 0) is 6.07 Å². The van der Waals surface area contributed by atoms with E-state index in [0.717, 1.165) is 10.9 Å². The molecule has 2 heteroatoms. The lowest BCUT2D eigenvalue weighted by molar-refractivity contribution is 1.12. The summed E-state index contributed by atoms with van der Waals surface area (Å²) >= 11 is 0. The summed E-state index contributed by atoms with van der Waals surface area (Å²) in [6.07, 6.45) is 1.81. The first-order valence-corrected chi connectivity index (χ1v) is 3.85. The molecular formula is C9H14N2. The molecule has 0 fully saturated rings. The van der Waals surface area contributed by atoms with Crippen LogP contribution in [0.2, 0.25) is 0 Å². The molecule has 0 radical (unpaired) electrons. The Morgan fingerprint density at radius 3 is 2.73 bits per heavy atom. The third-order valence-electron chi connectivity index (χ3n) is 1.35. The molecule has 11 heavy (non-hydrogen) atoms. The highest BCUT2D eigenvalue weighted by molar-refractivity contribution is 5.77.